The molecule has 20 heavy (non-hydrogen) atoms. The topological polar surface area (TPSA) is 17.8 Å². The lowest BCUT2D eigenvalue weighted by Gasteiger charge is -2.07. The molecule has 100 valence electrons. The van der Waals surface area contributed by atoms with Crippen LogP contribution in [-0.4, -0.2) is 9.78 Å². The van der Waals surface area contributed by atoms with E-state index >= 15 is 0 Å². The van der Waals surface area contributed by atoms with Crippen molar-refractivity contribution in [3.8, 4) is 11.1 Å². The van der Waals surface area contributed by atoms with Crippen LogP contribution >= 0.6 is 0 Å². The van der Waals surface area contributed by atoms with Crippen molar-refractivity contribution in [3.05, 3.63) is 54.0 Å². The lowest BCUT2D eigenvalue weighted by Crippen LogP contribution is -1.87. The predicted octanol–water partition coefficient (Wildman–Crippen LogP) is 4.26. The van der Waals surface area contributed by atoms with Gasteiger partial charge in [0.25, 0.3) is 0 Å². The molecule has 0 amide bonds. The van der Waals surface area contributed by atoms with E-state index in [-0.39, 0.29) is 5.82 Å². The molecule has 0 aliphatic heterocycles. The average molecular weight is 266 g/mol. The smallest absolute Gasteiger partial charge is 0.124 e. The van der Waals surface area contributed by atoms with Crippen LogP contribution < -0.4 is 0 Å². The number of fused-ring (bicyclic) bond motifs is 1. The van der Waals surface area contributed by atoms with Gasteiger partial charge in [-0.25, -0.2) is 4.39 Å². The number of hydrogen-bond donors (Lipinski definition) is 0. The Labute approximate surface area is 116 Å². The number of aromatic nitrogens is 2. The summed E-state index contributed by atoms with van der Waals surface area (Å²) in [5, 5.41) is 5.49. The monoisotopic (exact) mass is 266 g/mol. The Morgan fingerprint density at radius 1 is 1.20 bits per heavy atom. The molecule has 2 aromatic carbocycles. The molecule has 1 aliphatic rings. The van der Waals surface area contributed by atoms with Crippen LogP contribution in [0.15, 0.2) is 42.6 Å². The fraction of sp³-hybridized carbons (Fsp3) is 0.235. The molecule has 1 fully saturated rings. The van der Waals surface area contributed by atoms with Gasteiger partial charge in [-0.15, -0.1) is 0 Å². The van der Waals surface area contributed by atoms with Crippen molar-refractivity contribution >= 4 is 10.9 Å². The first kappa shape index (κ1) is 11.6. The van der Waals surface area contributed by atoms with Gasteiger partial charge in [-0.05, 0) is 53.6 Å². The van der Waals surface area contributed by atoms with Gasteiger partial charge in [0.05, 0.1) is 5.52 Å². The minimum absolute atomic E-state index is 0.148. The van der Waals surface area contributed by atoms with E-state index < -0.39 is 0 Å². The molecule has 1 heterocycles. The molecule has 0 atom stereocenters. The van der Waals surface area contributed by atoms with Crippen molar-refractivity contribution in [3.63, 3.8) is 0 Å². The van der Waals surface area contributed by atoms with Crippen LogP contribution in [0.25, 0.3) is 22.0 Å². The third-order valence-electron chi connectivity index (χ3n) is 3.94. The summed E-state index contributed by atoms with van der Waals surface area (Å²) in [4.78, 5) is 0. The minimum atomic E-state index is -0.148. The van der Waals surface area contributed by atoms with Crippen LogP contribution in [0.1, 0.15) is 24.3 Å². The molecule has 3 heteroatoms. The second kappa shape index (κ2) is 4.17. The summed E-state index contributed by atoms with van der Waals surface area (Å²) < 4.78 is 15.7. The van der Waals surface area contributed by atoms with E-state index in [0.29, 0.717) is 5.92 Å². The molecule has 1 aromatic heterocycles. The highest BCUT2D eigenvalue weighted by atomic mass is 19.1. The Kier molecular flexibility index (Phi) is 2.43. The maximum Gasteiger partial charge on any atom is 0.124 e. The number of benzene rings is 2. The number of nitrogens with zero attached hydrogens (tertiary/aromatic N) is 2. The second-order valence-corrected chi connectivity index (χ2v) is 5.59. The molecule has 0 bridgehead atoms. The molecule has 2 nitrogen and oxygen atoms in total. The van der Waals surface area contributed by atoms with E-state index in [2.05, 4.69) is 11.2 Å². The van der Waals surface area contributed by atoms with E-state index in [1.165, 1.54) is 12.8 Å². The van der Waals surface area contributed by atoms with Crippen molar-refractivity contribution in [1.82, 2.24) is 9.78 Å². The molecule has 4 rings (SSSR count). The summed E-state index contributed by atoms with van der Waals surface area (Å²) in [7, 11) is 1.91. The van der Waals surface area contributed by atoms with Crippen LogP contribution in [0.5, 0.6) is 0 Å². The van der Waals surface area contributed by atoms with Crippen LogP contribution in [0.3, 0.4) is 0 Å². The molecule has 0 spiro atoms. The Morgan fingerprint density at radius 2 is 2.05 bits per heavy atom. The summed E-state index contributed by atoms with van der Waals surface area (Å²) in [5.74, 6) is 0.405. The number of hydrogen-bond acceptors (Lipinski definition) is 1. The van der Waals surface area contributed by atoms with Crippen molar-refractivity contribution < 1.29 is 4.39 Å². The van der Waals surface area contributed by atoms with Gasteiger partial charge in [-0.2, -0.15) is 5.10 Å². The summed E-state index contributed by atoms with van der Waals surface area (Å²) in [6.45, 7) is 0. The minimum Gasteiger partial charge on any atom is -0.275 e. The largest absolute Gasteiger partial charge is 0.275 e. The van der Waals surface area contributed by atoms with Crippen LogP contribution in [0.2, 0.25) is 0 Å². The van der Waals surface area contributed by atoms with Gasteiger partial charge in [-0.1, -0.05) is 18.2 Å². The fourth-order valence-corrected chi connectivity index (χ4v) is 2.83. The van der Waals surface area contributed by atoms with Crippen molar-refractivity contribution in [2.24, 2.45) is 7.05 Å². The van der Waals surface area contributed by atoms with E-state index in [9.17, 15) is 4.39 Å². The Bertz CT molecular complexity index is 800. The first-order chi connectivity index (χ1) is 9.70. The second-order valence-electron chi connectivity index (χ2n) is 5.59. The maximum absolute atomic E-state index is 13.9. The third kappa shape index (κ3) is 1.90. The number of rotatable bonds is 2. The number of halogens is 1. The molecule has 3 aromatic rings. The fourth-order valence-electron chi connectivity index (χ4n) is 2.83. The van der Waals surface area contributed by atoms with Gasteiger partial charge in [0.15, 0.2) is 0 Å². The highest BCUT2D eigenvalue weighted by Crippen LogP contribution is 2.42. The standard InChI is InChI=1S/C17H15FN2/c1-20-10-16-15(3-2-4-17(16)19-20)13-7-12(11-5-6-11)8-14(18)9-13/h2-4,7-11H,5-6H2,1H3. The van der Waals surface area contributed by atoms with Gasteiger partial charge in [0, 0.05) is 18.6 Å². The molecular weight excluding hydrogens is 251 g/mol. The predicted molar refractivity (Wildman–Crippen MR) is 78.1 cm³/mol. The average Bonchev–Trinajstić information content (AvgIpc) is 3.19. The first-order valence-electron chi connectivity index (χ1n) is 6.94. The number of aryl methyl sites for hydroxylation is 1. The molecule has 0 N–H and O–H groups in total. The molecule has 0 radical (unpaired) electrons. The zero-order valence-corrected chi connectivity index (χ0v) is 11.3. The van der Waals surface area contributed by atoms with E-state index in [0.717, 1.165) is 27.6 Å². The first-order valence-corrected chi connectivity index (χ1v) is 6.94. The zero-order valence-electron chi connectivity index (χ0n) is 11.3. The molecular formula is C17H15FN2. The lowest BCUT2D eigenvalue weighted by atomic mass is 9.98. The van der Waals surface area contributed by atoms with Gasteiger partial charge < -0.3 is 0 Å². The van der Waals surface area contributed by atoms with E-state index in [1.807, 2.05) is 31.4 Å². The zero-order chi connectivity index (χ0) is 13.7. The van der Waals surface area contributed by atoms with Crippen LogP contribution in [0.4, 0.5) is 4.39 Å². The summed E-state index contributed by atoms with van der Waals surface area (Å²) in [6.07, 6.45) is 4.35. The van der Waals surface area contributed by atoms with Crippen molar-refractivity contribution in [2.45, 2.75) is 18.8 Å². The van der Waals surface area contributed by atoms with E-state index in [4.69, 9.17) is 0 Å². The van der Waals surface area contributed by atoms with Crippen molar-refractivity contribution in [1.29, 1.82) is 0 Å². The molecule has 1 aliphatic carbocycles. The molecule has 0 unspecified atom stereocenters. The van der Waals surface area contributed by atoms with Gasteiger partial charge >= 0.3 is 0 Å². The summed E-state index contributed by atoms with van der Waals surface area (Å²) >= 11 is 0. The molecule has 1 saturated carbocycles. The third-order valence-corrected chi connectivity index (χ3v) is 3.94. The highest BCUT2D eigenvalue weighted by molar-refractivity contribution is 5.94. The SMILES string of the molecule is Cn1cc2c(-c3cc(F)cc(C4CC4)c3)cccc2n1. The van der Waals surface area contributed by atoms with Crippen molar-refractivity contribution in [2.75, 3.05) is 0 Å². The highest BCUT2D eigenvalue weighted by Gasteiger charge is 2.24. The maximum atomic E-state index is 13.9. The quantitative estimate of drug-likeness (QED) is 0.677. The Balaban J connectivity index is 1.94. The Hall–Kier alpha value is -2.16. The van der Waals surface area contributed by atoms with Gasteiger partial charge in [0.2, 0.25) is 0 Å². The normalized spacial score (nSPS) is 14.9. The van der Waals surface area contributed by atoms with E-state index in [1.54, 1.807) is 16.8 Å². The van der Waals surface area contributed by atoms with Crippen LogP contribution in [-0.2, 0) is 7.05 Å². The summed E-state index contributed by atoms with van der Waals surface area (Å²) in [5.41, 5.74) is 4.07. The van der Waals surface area contributed by atoms with Crippen LogP contribution in [0, 0.1) is 5.82 Å². The summed E-state index contributed by atoms with van der Waals surface area (Å²) in [6, 6.07) is 11.4. The molecule has 0 saturated heterocycles. The Morgan fingerprint density at radius 3 is 2.85 bits per heavy atom. The van der Waals surface area contributed by atoms with Gasteiger partial charge in [-0.3, -0.25) is 4.68 Å². The van der Waals surface area contributed by atoms with Gasteiger partial charge in [0.1, 0.15) is 5.82 Å². The lowest BCUT2D eigenvalue weighted by molar-refractivity contribution is 0.626.